The molecule has 0 unspecified atom stereocenters. The summed E-state index contributed by atoms with van der Waals surface area (Å²) in [5.41, 5.74) is 3.19. The van der Waals surface area contributed by atoms with Crippen LogP contribution in [-0.4, -0.2) is 17.7 Å². The van der Waals surface area contributed by atoms with Crippen LogP contribution in [-0.2, 0) is 6.61 Å². The van der Waals surface area contributed by atoms with Crippen LogP contribution in [0.5, 0.6) is 11.5 Å². The van der Waals surface area contributed by atoms with Crippen molar-refractivity contribution in [2.24, 2.45) is 4.99 Å². The van der Waals surface area contributed by atoms with Crippen LogP contribution in [0.15, 0.2) is 59.6 Å². The van der Waals surface area contributed by atoms with Crippen molar-refractivity contribution in [3.05, 3.63) is 91.4 Å². The number of halogens is 2. The second-order valence-corrected chi connectivity index (χ2v) is 7.43. The first kappa shape index (κ1) is 22.6. The highest BCUT2D eigenvalue weighted by atomic mass is 35.5. The third kappa shape index (κ3) is 5.75. The molecule has 0 radical (unpaired) electrons. The van der Waals surface area contributed by atoms with Gasteiger partial charge in [-0.25, -0.2) is 0 Å². The molecule has 160 valence electrons. The van der Waals surface area contributed by atoms with Gasteiger partial charge in [0.2, 0.25) is 0 Å². The summed E-state index contributed by atoms with van der Waals surface area (Å²) < 4.78 is 11.6. The molecule has 0 aliphatic heterocycles. The second-order valence-electron chi connectivity index (χ2n) is 6.62. The third-order valence-electron chi connectivity index (χ3n) is 4.45. The Morgan fingerprint density at radius 1 is 1.06 bits per heavy atom. The van der Waals surface area contributed by atoms with Gasteiger partial charge in [-0.2, -0.15) is 0 Å². The molecule has 3 aromatic rings. The van der Waals surface area contributed by atoms with Crippen LogP contribution in [0.25, 0.3) is 0 Å². The molecule has 0 amide bonds. The van der Waals surface area contributed by atoms with E-state index in [9.17, 15) is 10.1 Å². The SMILES string of the molecule is CCOc1cc(C=Nc2cccc(Cl)c2C)cc(Cl)c1OCc1ccc([N+](=O)[O-])cc1. The Labute approximate surface area is 190 Å². The molecule has 0 aromatic heterocycles. The molecule has 0 heterocycles. The van der Waals surface area contributed by atoms with Crippen molar-refractivity contribution in [1.82, 2.24) is 0 Å². The minimum Gasteiger partial charge on any atom is -0.490 e. The first-order valence-electron chi connectivity index (χ1n) is 9.50. The van der Waals surface area contributed by atoms with Crippen LogP contribution in [0.1, 0.15) is 23.6 Å². The molecule has 0 saturated carbocycles. The fourth-order valence-corrected chi connectivity index (χ4v) is 3.26. The number of nitro benzene ring substituents is 1. The minimum absolute atomic E-state index is 0.0235. The number of aliphatic imine (C=N–C) groups is 1. The molecule has 0 bridgehead atoms. The van der Waals surface area contributed by atoms with Crippen molar-refractivity contribution in [3.63, 3.8) is 0 Å². The number of benzene rings is 3. The van der Waals surface area contributed by atoms with Gasteiger partial charge < -0.3 is 9.47 Å². The molecule has 0 fully saturated rings. The van der Waals surface area contributed by atoms with Gasteiger partial charge in [-0.15, -0.1) is 0 Å². The van der Waals surface area contributed by atoms with Gasteiger partial charge in [0.05, 0.1) is 22.2 Å². The first-order chi connectivity index (χ1) is 14.9. The lowest BCUT2D eigenvalue weighted by Gasteiger charge is -2.14. The lowest BCUT2D eigenvalue weighted by molar-refractivity contribution is -0.384. The van der Waals surface area contributed by atoms with E-state index in [0.29, 0.717) is 28.2 Å². The summed E-state index contributed by atoms with van der Waals surface area (Å²) in [5.74, 6) is 0.888. The normalized spacial score (nSPS) is 11.0. The van der Waals surface area contributed by atoms with Gasteiger partial charge in [0, 0.05) is 23.4 Å². The molecule has 3 rings (SSSR count). The first-order valence-corrected chi connectivity index (χ1v) is 10.3. The zero-order chi connectivity index (χ0) is 22.4. The highest BCUT2D eigenvalue weighted by Crippen LogP contribution is 2.37. The maximum atomic E-state index is 10.8. The molecule has 0 aliphatic rings. The fraction of sp³-hybridized carbons (Fsp3) is 0.174. The van der Waals surface area contributed by atoms with E-state index in [2.05, 4.69) is 4.99 Å². The largest absolute Gasteiger partial charge is 0.490 e. The van der Waals surface area contributed by atoms with Crippen molar-refractivity contribution < 1.29 is 14.4 Å². The van der Waals surface area contributed by atoms with Crippen LogP contribution < -0.4 is 9.47 Å². The number of ether oxygens (including phenoxy) is 2. The van der Waals surface area contributed by atoms with Gasteiger partial charge in [0.25, 0.3) is 5.69 Å². The number of non-ortho nitro benzene ring substituents is 1. The van der Waals surface area contributed by atoms with Crippen LogP contribution in [0, 0.1) is 17.0 Å². The van der Waals surface area contributed by atoms with Gasteiger partial charge in [-0.3, -0.25) is 15.1 Å². The van der Waals surface area contributed by atoms with Gasteiger partial charge in [-0.1, -0.05) is 29.3 Å². The van der Waals surface area contributed by atoms with Crippen LogP contribution in [0.2, 0.25) is 10.0 Å². The standard InChI is InChI=1S/C23H20Cl2N2O4/c1-3-30-22-12-17(13-26-21-6-4-5-19(24)15(21)2)11-20(25)23(22)31-14-16-7-9-18(10-8-16)27(28)29/h4-13H,3,14H2,1-2H3. The molecule has 8 heteroatoms. The maximum Gasteiger partial charge on any atom is 0.269 e. The topological polar surface area (TPSA) is 74.0 Å². The number of hydrogen-bond acceptors (Lipinski definition) is 5. The van der Waals surface area contributed by atoms with E-state index >= 15 is 0 Å². The summed E-state index contributed by atoms with van der Waals surface area (Å²) in [6.07, 6.45) is 1.69. The Bertz CT molecular complexity index is 1120. The van der Waals surface area contributed by atoms with E-state index in [-0.39, 0.29) is 12.3 Å². The average molecular weight is 459 g/mol. The van der Waals surface area contributed by atoms with Crippen molar-refractivity contribution >= 4 is 40.8 Å². The van der Waals surface area contributed by atoms with E-state index in [0.717, 1.165) is 22.4 Å². The molecule has 6 nitrogen and oxygen atoms in total. The molecule has 31 heavy (non-hydrogen) atoms. The van der Waals surface area contributed by atoms with Crippen molar-refractivity contribution in [1.29, 1.82) is 0 Å². The smallest absolute Gasteiger partial charge is 0.269 e. The van der Waals surface area contributed by atoms with E-state index in [1.807, 2.05) is 32.0 Å². The van der Waals surface area contributed by atoms with Crippen LogP contribution in [0.3, 0.4) is 0 Å². The molecule has 0 saturated heterocycles. The van der Waals surface area contributed by atoms with E-state index in [1.54, 1.807) is 30.5 Å². The van der Waals surface area contributed by atoms with Crippen molar-refractivity contribution in [2.75, 3.05) is 6.61 Å². The number of hydrogen-bond donors (Lipinski definition) is 0. The summed E-state index contributed by atoms with van der Waals surface area (Å²) in [7, 11) is 0. The summed E-state index contributed by atoms with van der Waals surface area (Å²) in [4.78, 5) is 14.8. The van der Waals surface area contributed by atoms with Gasteiger partial charge in [0.1, 0.15) is 6.61 Å². The summed E-state index contributed by atoms with van der Waals surface area (Å²) in [5, 5.41) is 11.8. The Balaban J connectivity index is 1.82. The Kier molecular flexibility index (Phi) is 7.50. The Morgan fingerprint density at radius 2 is 1.81 bits per heavy atom. The molecular weight excluding hydrogens is 439 g/mol. The Hall–Kier alpha value is -3.09. The number of nitro groups is 1. The monoisotopic (exact) mass is 458 g/mol. The molecule has 0 N–H and O–H groups in total. The fourth-order valence-electron chi connectivity index (χ4n) is 2.81. The maximum absolute atomic E-state index is 10.8. The summed E-state index contributed by atoms with van der Waals surface area (Å²) in [6, 6.07) is 15.2. The number of rotatable bonds is 8. The van der Waals surface area contributed by atoms with Crippen LogP contribution in [0.4, 0.5) is 11.4 Å². The van der Waals surface area contributed by atoms with Crippen molar-refractivity contribution in [3.8, 4) is 11.5 Å². The molecule has 0 aliphatic carbocycles. The van der Waals surface area contributed by atoms with Crippen LogP contribution >= 0.6 is 23.2 Å². The zero-order valence-corrected chi connectivity index (χ0v) is 18.5. The summed E-state index contributed by atoms with van der Waals surface area (Å²) >= 11 is 12.6. The molecule has 0 spiro atoms. The van der Waals surface area contributed by atoms with Gasteiger partial charge >= 0.3 is 0 Å². The molecule has 0 atom stereocenters. The average Bonchev–Trinajstić information content (AvgIpc) is 2.74. The van der Waals surface area contributed by atoms with E-state index < -0.39 is 4.92 Å². The predicted octanol–water partition coefficient (Wildman–Crippen LogP) is 6.94. The highest BCUT2D eigenvalue weighted by molar-refractivity contribution is 6.32. The summed E-state index contributed by atoms with van der Waals surface area (Å²) in [6.45, 7) is 4.39. The molecule has 3 aromatic carbocycles. The lowest BCUT2D eigenvalue weighted by atomic mass is 10.2. The number of nitrogens with zero attached hydrogens (tertiary/aromatic N) is 2. The second kappa shape index (κ2) is 10.3. The molecular formula is C23H20Cl2N2O4. The van der Waals surface area contributed by atoms with E-state index in [1.165, 1.54) is 12.1 Å². The zero-order valence-electron chi connectivity index (χ0n) is 17.0. The highest BCUT2D eigenvalue weighted by Gasteiger charge is 2.13. The third-order valence-corrected chi connectivity index (χ3v) is 5.14. The van der Waals surface area contributed by atoms with Gasteiger partial charge in [-0.05, 0) is 66.9 Å². The lowest BCUT2D eigenvalue weighted by Crippen LogP contribution is -2.01. The Morgan fingerprint density at radius 3 is 2.48 bits per heavy atom. The minimum atomic E-state index is -0.445. The van der Waals surface area contributed by atoms with Crippen molar-refractivity contribution in [2.45, 2.75) is 20.5 Å². The quantitative estimate of drug-likeness (QED) is 0.208. The van der Waals surface area contributed by atoms with Gasteiger partial charge in [0.15, 0.2) is 11.5 Å². The predicted molar refractivity (Wildman–Crippen MR) is 123 cm³/mol. The van der Waals surface area contributed by atoms with E-state index in [4.69, 9.17) is 32.7 Å².